The van der Waals surface area contributed by atoms with E-state index in [1.54, 1.807) is 19.3 Å². The average molecular weight is 170 g/mol. The summed E-state index contributed by atoms with van der Waals surface area (Å²) in [4.78, 5) is 3.94. The molecule has 0 atom stereocenters. The van der Waals surface area contributed by atoms with Crippen molar-refractivity contribution in [3.8, 4) is 5.88 Å². The van der Waals surface area contributed by atoms with E-state index in [-0.39, 0.29) is 0 Å². The van der Waals surface area contributed by atoms with Crippen LogP contribution in [0.1, 0.15) is 5.56 Å². The van der Waals surface area contributed by atoms with E-state index in [4.69, 9.17) is 16.3 Å². The van der Waals surface area contributed by atoms with Crippen LogP contribution in [0.2, 0.25) is 5.02 Å². The molecule has 2 nitrogen and oxygen atoms in total. The van der Waals surface area contributed by atoms with Gasteiger partial charge in [0.2, 0.25) is 5.88 Å². The van der Waals surface area contributed by atoms with E-state index in [9.17, 15) is 0 Å². The molecule has 58 valence electrons. The summed E-state index contributed by atoms with van der Waals surface area (Å²) in [7, 11) is 1.56. The van der Waals surface area contributed by atoms with Crippen LogP contribution >= 0.6 is 11.6 Å². The highest BCUT2D eigenvalue weighted by Crippen LogP contribution is 2.19. The van der Waals surface area contributed by atoms with E-state index in [0.717, 1.165) is 5.56 Å². The fourth-order valence-electron chi connectivity index (χ4n) is 0.759. The third-order valence-electron chi connectivity index (χ3n) is 1.26. The van der Waals surface area contributed by atoms with Gasteiger partial charge < -0.3 is 4.74 Å². The molecule has 0 aromatic carbocycles. The van der Waals surface area contributed by atoms with Gasteiger partial charge in [0.25, 0.3) is 0 Å². The normalized spacial score (nSPS) is 9.27. The van der Waals surface area contributed by atoms with Crippen molar-refractivity contribution in [2.45, 2.75) is 0 Å². The summed E-state index contributed by atoms with van der Waals surface area (Å²) in [5.74, 6) is 0.546. The lowest BCUT2D eigenvalue weighted by atomic mass is 10.3. The molecule has 1 aromatic heterocycles. The van der Waals surface area contributed by atoms with Crippen LogP contribution in [0.15, 0.2) is 18.8 Å². The van der Waals surface area contributed by atoms with E-state index in [1.807, 2.05) is 0 Å². The van der Waals surface area contributed by atoms with E-state index in [1.165, 1.54) is 6.20 Å². The lowest BCUT2D eigenvalue weighted by molar-refractivity contribution is 0.397. The third kappa shape index (κ3) is 1.71. The zero-order valence-electron chi connectivity index (χ0n) is 6.17. The molecule has 0 spiro atoms. The molecule has 0 radical (unpaired) electrons. The number of halogens is 1. The molecule has 0 saturated heterocycles. The van der Waals surface area contributed by atoms with Gasteiger partial charge in [-0.15, -0.1) is 0 Å². The molecule has 0 bridgehead atoms. The van der Waals surface area contributed by atoms with Gasteiger partial charge in [0, 0.05) is 11.8 Å². The van der Waals surface area contributed by atoms with Crippen molar-refractivity contribution in [1.82, 2.24) is 4.98 Å². The minimum atomic E-state index is 0.546. The molecule has 0 aliphatic rings. The highest BCUT2D eigenvalue weighted by molar-refractivity contribution is 6.30. The molecule has 1 heterocycles. The lowest BCUT2D eigenvalue weighted by Crippen LogP contribution is -1.89. The highest BCUT2D eigenvalue weighted by Gasteiger charge is 1.99. The average Bonchev–Trinajstić information content (AvgIpc) is 2.04. The molecule has 11 heavy (non-hydrogen) atoms. The molecule has 0 saturated carbocycles. The van der Waals surface area contributed by atoms with Crippen LogP contribution < -0.4 is 4.74 Å². The molecular weight excluding hydrogens is 162 g/mol. The first-order valence-corrected chi connectivity index (χ1v) is 3.47. The Balaban J connectivity index is 3.16. The molecule has 0 N–H and O–H groups in total. The quantitative estimate of drug-likeness (QED) is 0.678. The maximum atomic E-state index is 5.69. The Labute approximate surface area is 70.5 Å². The van der Waals surface area contributed by atoms with Crippen LogP contribution in [0, 0.1) is 0 Å². The van der Waals surface area contributed by atoms with Gasteiger partial charge in [-0.05, 0) is 6.07 Å². The molecule has 0 fully saturated rings. The van der Waals surface area contributed by atoms with Gasteiger partial charge in [-0.1, -0.05) is 24.3 Å². The number of hydrogen-bond acceptors (Lipinski definition) is 2. The Hall–Kier alpha value is -1.02. The van der Waals surface area contributed by atoms with Crippen LogP contribution in [-0.2, 0) is 0 Å². The Morgan fingerprint density at radius 3 is 3.00 bits per heavy atom. The summed E-state index contributed by atoms with van der Waals surface area (Å²) in [5, 5.41) is 0.584. The number of hydrogen-bond donors (Lipinski definition) is 0. The molecule has 1 aromatic rings. The first-order valence-electron chi connectivity index (χ1n) is 3.10. The van der Waals surface area contributed by atoms with Gasteiger partial charge in [0.05, 0.1) is 12.1 Å². The molecular formula is C8H8ClNO. The fourth-order valence-corrected chi connectivity index (χ4v) is 0.926. The second-order valence-electron chi connectivity index (χ2n) is 1.96. The second-order valence-corrected chi connectivity index (χ2v) is 2.39. The third-order valence-corrected chi connectivity index (χ3v) is 1.47. The molecule has 0 aliphatic heterocycles. The van der Waals surface area contributed by atoms with Gasteiger partial charge in [0.1, 0.15) is 0 Å². The molecule has 0 amide bonds. The van der Waals surface area contributed by atoms with Crippen molar-refractivity contribution in [2.75, 3.05) is 7.11 Å². The van der Waals surface area contributed by atoms with Crippen molar-refractivity contribution in [1.29, 1.82) is 0 Å². The lowest BCUT2D eigenvalue weighted by Gasteiger charge is -2.01. The summed E-state index contributed by atoms with van der Waals surface area (Å²) in [6.45, 7) is 3.60. The SMILES string of the molecule is C=Cc1cc(Cl)cnc1OC. The monoisotopic (exact) mass is 169 g/mol. The van der Waals surface area contributed by atoms with E-state index < -0.39 is 0 Å². The first-order chi connectivity index (χ1) is 5.27. The fraction of sp³-hybridized carbons (Fsp3) is 0.125. The summed E-state index contributed by atoms with van der Waals surface area (Å²) in [6, 6.07) is 1.75. The summed E-state index contributed by atoms with van der Waals surface area (Å²) in [5.41, 5.74) is 0.806. The Morgan fingerprint density at radius 1 is 1.73 bits per heavy atom. The minimum Gasteiger partial charge on any atom is -0.481 e. The van der Waals surface area contributed by atoms with Gasteiger partial charge in [0.15, 0.2) is 0 Å². The molecule has 0 unspecified atom stereocenters. The number of aromatic nitrogens is 1. The zero-order valence-corrected chi connectivity index (χ0v) is 6.93. The predicted octanol–water partition coefficient (Wildman–Crippen LogP) is 2.39. The van der Waals surface area contributed by atoms with E-state index in [0.29, 0.717) is 10.9 Å². The Kier molecular flexibility index (Phi) is 2.49. The Bertz CT molecular complexity index is 273. The topological polar surface area (TPSA) is 22.1 Å². The summed E-state index contributed by atoms with van der Waals surface area (Å²) in [6.07, 6.45) is 3.19. The minimum absolute atomic E-state index is 0.546. The maximum absolute atomic E-state index is 5.69. The van der Waals surface area contributed by atoms with Crippen LogP contribution in [-0.4, -0.2) is 12.1 Å². The van der Waals surface area contributed by atoms with Crippen molar-refractivity contribution in [3.05, 3.63) is 29.4 Å². The van der Waals surface area contributed by atoms with Crippen LogP contribution in [0.4, 0.5) is 0 Å². The van der Waals surface area contributed by atoms with Crippen molar-refractivity contribution >= 4 is 17.7 Å². The number of methoxy groups -OCH3 is 1. The standard InChI is InChI=1S/C8H8ClNO/c1-3-6-4-7(9)5-10-8(6)11-2/h3-5H,1H2,2H3. The number of pyridine rings is 1. The van der Waals surface area contributed by atoms with Crippen LogP contribution in [0.3, 0.4) is 0 Å². The Morgan fingerprint density at radius 2 is 2.45 bits per heavy atom. The number of nitrogens with zero attached hydrogens (tertiary/aromatic N) is 1. The van der Waals surface area contributed by atoms with Crippen LogP contribution in [0.25, 0.3) is 6.08 Å². The van der Waals surface area contributed by atoms with Crippen molar-refractivity contribution in [3.63, 3.8) is 0 Å². The van der Waals surface area contributed by atoms with Crippen LogP contribution in [0.5, 0.6) is 5.88 Å². The van der Waals surface area contributed by atoms with Gasteiger partial charge in [-0.25, -0.2) is 4.98 Å². The predicted molar refractivity (Wildman–Crippen MR) is 45.9 cm³/mol. The molecule has 0 aliphatic carbocycles. The summed E-state index contributed by atoms with van der Waals surface area (Å²) >= 11 is 5.69. The largest absolute Gasteiger partial charge is 0.481 e. The maximum Gasteiger partial charge on any atom is 0.220 e. The number of ether oxygens (including phenoxy) is 1. The highest BCUT2D eigenvalue weighted by atomic mass is 35.5. The smallest absolute Gasteiger partial charge is 0.220 e. The van der Waals surface area contributed by atoms with Crippen molar-refractivity contribution < 1.29 is 4.74 Å². The van der Waals surface area contributed by atoms with Gasteiger partial charge in [-0.2, -0.15) is 0 Å². The zero-order chi connectivity index (χ0) is 8.27. The summed E-state index contributed by atoms with van der Waals surface area (Å²) < 4.78 is 4.95. The number of rotatable bonds is 2. The van der Waals surface area contributed by atoms with E-state index >= 15 is 0 Å². The molecule has 1 rings (SSSR count). The van der Waals surface area contributed by atoms with Crippen molar-refractivity contribution in [2.24, 2.45) is 0 Å². The second kappa shape index (κ2) is 3.39. The van der Waals surface area contributed by atoms with Gasteiger partial charge >= 0.3 is 0 Å². The first kappa shape index (κ1) is 8.08. The molecule has 3 heteroatoms. The van der Waals surface area contributed by atoms with Gasteiger partial charge in [-0.3, -0.25) is 0 Å². The van der Waals surface area contributed by atoms with E-state index in [2.05, 4.69) is 11.6 Å².